The van der Waals surface area contributed by atoms with Crippen molar-refractivity contribution in [3.05, 3.63) is 59.7 Å². The number of para-hydroxylation sites is 1. The first-order chi connectivity index (χ1) is 8.61. The van der Waals surface area contributed by atoms with E-state index in [0.717, 1.165) is 0 Å². The molecule has 0 aliphatic heterocycles. The first-order valence-electron chi connectivity index (χ1n) is 6.20. The summed E-state index contributed by atoms with van der Waals surface area (Å²) in [6, 6.07) is 16.8. The first kappa shape index (κ1) is 12.5. The minimum Gasteiger partial charge on any atom is -0.289 e. The fraction of sp³-hybridized carbons (Fsp3) is 0.250. The van der Waals surface area contributed by atoms with E-state index in [9.17, 15) is 0 Å². The summed E-state index contributed by atoms with van der Waals surface area (Å²) in [5.41, 5.74) is 5.06. The molecule has 18 heavy (non-hydrogen) atoms. The lowest BCUT2D eigenvalue weighted by molar-refractivity contribution is 0.884. The number of hydrogen-bond acceptors (Lipinski definition) is 2. The van der Waals surface area contributed by atoms with Gasteiger partial charge in [0.2, 0.25) is 0 Å². The van der Waals surface area contributed by atoms with Crippen molar-refractivity contribution in [1.29, 1.82) is 0 Å². The summed E-state index contributed by atoms with van der Waals surface area (Å²) in [4.78, 5) is 0. The summed E-state index contributed by atoms with van der Waals surface area (Å²) in [6.45, 7) is 4.31. The molecule has 0 aliphatic rings. The summed E-state index contributed by atoms with van der Waals surface area (Å²) in [5.74, 6) is 0. The Kier molecular flexibility index (Phi) is 3.56. The highest BCUT2D eigenvalue weighted by Gasteiger charge is 2.11. The molecular weight excluding hydrogens is 220 g/mol. The van der Waals surface area contributed by atoms with Gasteiger partial charge in [-0.1, -0.05) is 30.3 Å². The van der Waals surface area contributed by atoms with E-state index in [-0.39, 0.29) is 0 Å². The lowest BCUT2D eigenvalue weighted by Crippen LogP contribution is -2.37. The van der Waals surface area contributed by atoms with Gasteiger partial charge in [0.25, 0.3) is 0 Å². The molecular formula is C16H20N2. The van der Waals surface area contributed by atoms with E-state index in [2.05, 4.69) is 80.4 Å². The fourth-order valence-electron chi connectivity index (χ4n) is 2.06. The Morgan fingerprint density at radius 1 is 0.722 bits per heavy atom. The van der Waals surface area contributed by atoms with Crippen LogP contribution in [0, 0.1) is 13.8 Å². The van der Waals surface area contributed by atoms with Crippen LogP contribution in [-0.2, 0) is 0 Å². The van der Waals surface area contributed by atoms with Gasteiger partial charge in [-0.3, -0.25) is 10.0 Å². The zero-order valence-electron chi connectivity index (χ0n) is 11.5. The lowest BCUT2D eigenvalue weighted by Gasteiger charge is -2.33. The average Bonchev–Trinajstić information content (AvgIpc) is 2.41. The summed E-state index contributed by atoms with van der Waals surface area (Å²) in [6.07, 6.45) is 0. The van der Waals surface area contributed by atoms with E-state index in [1.165, 1.54) is 22.5 Å². The largest absolute Gasteiger partial charge is 0.289 e. The van der Waals surface area contributed by atoms with Crippen LogP contribution in [0.25, 0.3) is 0 Å². The summed E-state index contributed by atoms with van der Waals surface area (Å²) >= 11 is 0. The zero-order chi connectivity index (χ0) is 13.1. The van der Waals surface area contributed by atoms with Gasteiger partial charge in [-0.05, 0) is 43.2 Å². The highest BCUT2D eigenvalue weighted by atomic mass is 15.6. The molecule has 0 unspecified atom stereocenters. The molecule has 0 fully saturated rings. The number of hydrazine groups is 1. The highest BCUT2D eigenvalue weighted by Crippen LogP contribution is 2.24. The van der Waals surface area contributed by atoms with Gasteiger partial charge in [-0.15, -0.1) is 0 Å². The molecule has 2 aromatic carbocycles. The second-order valence-corrected chi connectivity index (χ2v) is 4.60. The zero-order valence-corrected chi connectivity index (χ0v) is 11.5. The topological polar surface area (TPSA) is 6.48 Å². The van der Waals surface area contributed by atoms with E-state index in [1.807, 2.05) is 6.07 Å². The molecule has 0 aliphatic carbocycles. The number of anilines is 2. The molecule has 2 heteroatoms. The molecule has 0 heterocycles. The van der Waals surface area contributed by atoms with Crippen molar-refractivity contribution in [3.8, 4) is 0 Å². The van der Waals surface area contributed by atoms with Gasteiger partial charge in [-0.2, -0.15) is 0 Å². The van der Waals surface area contributed by atoms with Crippen LogP contribution in [-0.4, -0.2) is 14.1 Å². The molecule has 0 amide bonds. The Morgan fingerprint density at radius 2 is 1.39 bits per heavy atom. The van der Waals surface area contributed by atoms with E-state index in [1.54, 1.807) is 0 Å². The monoisotopic (exact) mass is 240 g/mol. The summed E-state index contributed by atoms with van der Waals surface area (Å²) in [7, 11) is 4.17. The van der Waals surface area contributed by atoms with Crippen molar-refractivity contribution in [1.82, 2.24) is 0 Å². The molecule has 0 bridgehead atoms. The normalized spacial score (nSPS) is 10.2. The van der Waals surface area contributed by atoms with Gasteiger partial charge in [0.15, 0.2) is 0 Å². The quantitative estimate of drug-likeness (QED) is 0.753. The van der Waals surface area contributed by atoms with Gasteiger partial charge in [0, 0.05) is 14.1 Å². The predicted octanol–water partition coefficient (Wildman–Crippen LogP) is 3.79. The molecule has 94 valence electrons. The number of rotatable bonds is 3. The Morgan fingerprint density at radius 3 is 2.06 bits per heavy atom. The molecule has 0 saturated carbocycles. The van der Waals surface area contributed by atoms with Crippen LogP contribution in [0.2, 0.25) is 0 Å². The molecule has 0 atom stereocenters. The second-order valence-electron chi connectivity index (χ2n) is 4.60. The molecule has 2 aromatic rings. The lowest BCUT2D eigenvalue weighted by atomic mass is 10.1. The molecule has 0 radical (unpaired) electrons. The number of benzene rings is 2. The van der Waals surface area contributed by atoms with Crippen molar-refractivity contribution in [2.24, 2.45) is 0 Å². The van der Waals surface area contributed by atoms with Crippen LogP contribution in [0.15, 0.2) is 48.5 Å². The van der Waals surface area contributed by atoms with Gasteiger partial charge in [-0.25, -0.2) is 0 Å². The molecule has 0 saturated heterocycles. The second kappa shape index (κ2) is 5.13. The highest BCUT2D eigenvalue weighted by molar-refractivity contribution is 5.61. The molecule has 2 nitrogen and oxygen atoms in total. The van der Waals surface area contributed by atoms with Crippen LogP contribution in [0.3, 0.4) is 0 Å². The molecule has 0 spiro atoms. The number of hydrogen-bond donors (Lipinski definition) is 0. The minimum atomic E-state index is 1.18. The summed E-state index contributed by atoms with van der Waals surface area (Å²) < 4.78 is 0. The molecule has 0 aromatic heterocycles. The number of aryl methyl sites for hydroxylation is 1. The van der Waals surface area contributed by atoms with Crippen LogP contribution in [0.5, 0.6) is 0 Å². The van der Waals surface area contributed by atoms with Gasteiger partial charge in [0.1, 0.15) is 0 Å². The van der Waals surface area contributed by atoms with Crippen molar-refractivity contribution in [2.75, 3.05) is 24.1 Å². The van der Waals surface area contributed by atoms with Crippen LogP contribution in [0.1, 0.15) is 11.1 Å². The summed E-state index contributed by atoms with van der Waals surface area (Å²) in [5, 5.41) is 4.33. The third kappa shape index (κ3) is 2.33. The van der Waals surface area contributed by atoms with E-state index >= 15 is 0 Å². The van der Waals surface area contributed by atoms with E-state index < -0.39 is 0 Å². The van der Waals surface area contributed by atoms with Crippen molar-refractivity contribution >= 4 is 11.4 Å². The maximum atomic E-state index is 2.18. The minimum absolute atomic E-state index is 1.18. The molecule has 0 N–H and O–H groups in total. The first-order valence-corrected chi connectivity index (χ1v) is 6.20. The molecule has 2 rings (SSSR count). The standard InChI is InChI=1S/C16H20N2/c1-13-9-8-12-16(14(13)2)18(4)17(3)15-10-6-5-7-11-15/h5-12H,1-4H3. The van der Waals surface area contributed by atoms with Gasteiger partial charge in [0.05, 0.1) is 11.4 Å². The Labute approximate surface area is 109 Å². The van der Waals surface area contributed by atoms with Crippen molar-refractivity contribution in [3.63, 3.8) is 0 Å². The van der Waals surface area contributed by atoms with Gasteiger partial charge < -0.3 is 0 Å². The third-order valence-corrected chi connectivity index (χ3v) is 3.50. The van der Waals surface area contributed by atoms with E-state index in [4.69, 9.17) is 0 Å². The Hall–Kier alpha value is -1.96. The van der Waals surface area contributed by atoms with Crippen LogP contribution < -0.4 is 10.0 Å². The van der Waals surface area contributed by atoms with Crippen LogP contribution in [0.4, 0.5) is 11.4 Å². The van der Waals surface area contributed by atoms with E-state index in [0.29, 0.717) is 0 Å². The smallest absolute Gasteiger partial charge is 0.0602 e. The number of nitrogens with zero attached hydrogens (tertiary/aromatic N) is 2. The maximum absolute atomic E-state index is 2.18. The van der Waals surface area contributed by atoms with Gasteiger partial charge >= 0.3 is 0 Å². The average molecular weight is 240 g/mol. The third-order valence-electron chi connectivity index (χ3n) is 3.50. The maximum Gasteiger partial charge on any atom is 0.0602 e. The Balaban J connectivity index is 2.31. The predicted molar refractivity (Wildman–Crippen MR) is 79.2 cm³/mol. The van der Waals surface area contributed by atoms with Crippen LogP contribution >= 0.6 is 0 Å². The van der Waals surface area contributed by atoms with Crippen molar-refractivity contribution in [2.45, 2.75) is 13.8 Å². The SMILES string of the molecule is Cc1cccc(N(C)N(C)c2ccccc2)c1C. The Bertz CT molecular complexity index is 520. The fourth-order valence-corrected chi connectivity index (χ4v) is 2.06. The van der Waals surface area contributed by atoms with Crippen molar-refractivity contribution < 1.29 is 0 Å².